The predicted octanol–water partition coefficient (Wildman–Crippen LogP) is -0.459. The van der Waals surface area contributed by atoms with Crippen LogP contribution in [0.1, 0.15) is 34.1 Å². The maximum atomic E-state index is 11.6. The van der Waals surface area contributed by atoms with Crippen LogP contribution in [0.4, 0.5) is 0 Å². The number of amides is 2. The van der Waals surface area contributed by atoms with Gasteiger partial charge in [0.25, 0.3) is 0 Å². The second-order valence-electron chi connectivity index (χ2n) is 5.72. The van der Waals surface area contributed by atoms with Crippen molar-refractivity contribution in [1.29, 1.82) is 0 Å². The summed E-state index contributed by atoms with van der Waals surface area (Å²) < 4.78 is 23.1. The van der Waals surface area contributed by atoms with Crippen LogP contribution >= 0.6 is 0 Å². The molecule has 8 nitrogen and oxygen atoms in total. The second-order valence-corrected chi connectivity index (χ2v) is 8.28. The quantitative estimate of drug-likeness (QED) is 0.522. The van der Waals surface area contributed by atoms with Gasteiger partial charge in [-0.2, -0.15) is 0 Å². The molecule has 0 spiro atoms. The largest absolute Gasteiger partial charge is 0.480 e. The molecule has 0 heterocycles. The van der Waals surface area contributed by atoms with Crippen molar-refractivity contribution in [3.05, 3.63) is 0 Å². The van der Waals surface area contributed by atoms with E-state index in [0.717, 1.165) is 0 Å². The zero-order valence-corrected chi connectivity index (χ0v) is 14.1. The molecule has 128 valence electrons. The Morgan fingerprint density at radius 3 is 2.00 bits per heavy atom. The molecule has 0 aliphatic rings. The van der Waals surface area contributed by atoms with E-state index >= 15 is 0 Å². The van der Waals surface area contributed by atoms with Gasteiger partial charge in [-0.15, -0.1) is 0 Å². The molecule has 0 aliphatic heterocycles. The Hall–Kier alpha value is -1.64. The van der Waals surface area contributed by atoms with Gasteiger partial charge in [-0.05, 0) is 26.2 Å². The summed E-state index contributed by atoms with van der Waals surface area (Å²) in [5.74, 6) is -3.25. The average molecular weight is 336 g/mol. The molecule has 0 saturated carbocycles. The van der Waals surface area contributed by atoms with E-state index in [1.807, 2.05) is 13.8 Å². The SMILES string of the molecule is CC(C)C[C@H](NC(=O)CNC(=O)CS(=O)(=O)C(C)C)C(=O)O. The molecule has 22 heavy (non-hydrogen) atoms. The summed E-state index contributed by atoms with van der Waals surface area (Å²) >= 11 is 0. The highest BCUT2D eigenvalue weighted by molar-refractivity contribution is 7.92. The Kier molecular flexibility index (Phi) is 8.07. The molecule has 0 aromatic carbocycles. The van der Waals surface area contributed by atoms with Crippen LogP contribution < -0.4 is 10.6 Å². The van der Waals surface area contributed by atoms with E-state index in [9.17, 15) is 22.8 Å². The minimum absolute atomic E-state index is 0.0761. The van der Waals surface area contributed by atoms with Crippen LogP contribution in [0, 0.1) is 5.92 Å². The molecule has 0 unspecified atom stereocenters. The molecule has 3 N–H and O–H groups in total. The molecule has 9 heteroatoms. The van der Waals surface area contributed by atoms with Crippen LogP contribution in [0.15, 0.2) is 0 Å². The third kappa shape index (κ3) is 7.96. The first-order valence-corrected chi connectivity index (χ1v) is 8.67. The Balaban J connectivity index is 4.38. The van der Waals surface area contributed by atoms with Crippen LogP contribution in [0.5, 0.6) is 0 Å². The molecular formula is C13H24N2O6S. The maximum absolute atomic E-state index is 11.6. The van der Waals surface area contributed by atoms with E-state index in [2.05, 4.69) is 10.6 Å². The van der Waals surface area contributed by atoms with Gasteiger partial charge in [0, 0.05) is 0 Å². The lowest BCUT2D eigenvalue weighted by molar-refractivity contribution is -0.142. The summed E-state index contributed by atoms with van der Waals surface area (Å²) in [5, 5.41) is 12.7. The minimum atomic E-state index is -3.54. The molecule has 1 atom stereocenters. The Labute approximate surface area is 130 Å². The van der Waals surface area contributed by atoms with Crippen molar-refractivity contribution in [3.63, 3.8) is 0 Å². The number of carboxylic acids is 1. The van der Waals surface area contributed by atoms with Gasteiger partial charge < -0.3 is 15.7 Å². The topological polar surface area (TPSA) is 130 Å². The van der Waals surface area contributed by atoms with Gasteiger partial charge in [-0.25, -0.2) is 13.2 Å². The van der Waals surface area contributed by atoms with Crippen molar-refractivity contribution in [2.24, 2.45) is 5.92 Å². The average Bonchev–Trinajstić information content (AvgIpc) is 2.34. The number of carbonyl (C=O) groups is 3. The lowest BCUT2D eigenvalue weighted by Gasteiger charge is -2.16. The standard InChI is InChI=1S/C13H24N2O6S/c1-8(2)5-10(13(18)19)15-11(16)6-14-12(17)7-22(20,21)9(3)4/h8-10H,5-7H2,1-4H3,(H,14,17)(H,15,16)(H,18,19)/t10-/m0/s1. The Bertz CT molecular complexity index is 513. The first-order valence-electron chi connectivity index (χ1n) is 6.96. The van der Waals surface area contributed by atoms with Gasteiger partial charge in [0.1, 0.15) is 11.8 Å². The summed E-state index contributed by atoms with van der Waals surface area (Å²) in [6.45, 7) is 6.09. The molecule has 0 aromatic rings. The van der Waals surface area contributed by atoms with Crippen molar-refractivity contribution >= 4 is 27.6 Å². The maximum Gasteiger partial charge on any atom is 0.326 e. The van der Waals surface area contributed by atoms with E-state index in [4.69, 9.17) is 5.11 Å². The summed E-state index contributed by atoms with van der Waals surface area (Å²) in [4.78, 5) is 34.1. The summed E-state index contributed by atoms with van der Waals surface area (Å²) in [6.07, 6.45) is 0.261. The number of aliphatic carboxylic acids is 1. The number of rotatable bonds is 9. The zero-order valence-electron chi connectivity index (χ0n) is 13.3. The fourth-order valence-corrected chi connectivity index (χ4v) is 2.32. The predicted molar refractivity (Wildman–Crippen MR) is 81.0 cm³/mol. The van der Waals surface area contributed by atoms with Crippen molar-refractivity contribution in [1.82, 2.24) is 10.6 Å². The van der Waals surface area contributed by atoms with Gasteiger partial charge in [-0.3, -0.25) is 9.59 Å². The number of hydrogen-bond donors (Lipinski definition) is 3. The number of carboxylic acid groups (broad SMARTS) is 1. The molecule has 0 radical (unpaired) electrons. The molecule has 2 amide bonds. The molecule has 0 aliphatic carbocycles. The van der Waals surface area contributed by atoms with Crippen LogP contribution in [-0.2, 0) is 24.2 Å². The van der Waals surface area contributed by atoms with Gasteiger partial charge >= 0.3 is 5.97 Å². The van der Waals surface area contributed by atoms with Gasteiger partial charge in [0.05, 0.1) is 11.8 Å². The van der Waals surface area contributed by atoms with Crippen LogP contribution in [-0.4, -0.2) is 54.9 Å². The molecule has 0 bridgehead atoms. The number of hydrogen-bond acceptors (Lipinski definition) is 5. The number of carbonyl (C=O) groups excluding carboxylic acids is 2. The zero-order chi connectivity index (χ0) is 17.5. The van der Waals surface area contributed by atoms with E-state index in [1.165, 1.54) is 13.8 Å². The van der Waals surface area contributed by atoms with Crippen molar-refractivity contribution < 1.29 is 27.9 Å². The normalized spacial score (nSPS) is 13.0. The third-order valence-corrected chi connectivity index (χ3v) is 4.94. The molecule has 0 saturated heterocycles. The molecule has 0 fully saturated rings. The van der Waals surface area contributed by atoms with Gasteiger partial charge in [0.2, 0.25) is 11.8 Å². The van der Waals surface area contributed by atoms with E-state index < -0.39 is 51.2 Å². The van der Waals surface area contributed by atoms with Gasteiger partial charge in [0.15, 0.2) is 9.84 Å². The third-order valence-electron chi connectivity index (χ3n) is 2.84. The minimum Gasteiger partial charge on any atom is -0.480 e. The Morgan fingerprint density at radius 2 is 1.59 bits per heavy atom. The first-order chi connectivity index (χ1) is 9.95. The smallest absolute Gasteiger partial charge is 0.326 e. The fourth-order valence-electron chi connectivity index (χ4n) is 1.52. The van der Waals surface area contributed by atoms with E-state index in [-0.39, 0.29) is 12.3 Å². The van der Waals surface area contributed by atoms with Crippen molar-refractivity contribution in [3.8, 4) is 0 Å². The highest BCUT2D eigenvalue weighted by Gasteiger charge is 2.23. The molecule has 0 rings (SSSR count). The summed E-state index contributed by atoms with van der Waals surface area (Å²) in [5.41, 5.74) is 0. The van der Waals surface area contributed by atoms with Crippen molar-refractivity contribution in [2.75, 3.05) is 12.3 Å². The second kappa shape index (κ2) is 8.72. The van der Waals surface area contributed by atoms with Gasteiger partial charge in [-0.1, -0.05) is 13.8 Å². The first kappa shape index (κ1) is 20.4. The number of sulfone groups is 1. The lowest BCUT2D eigenvalue weighted by atomic mass is 10.0. The monoisotopic (exact) mass is 336 g/mol. The van der Waals surface area contributed by atoms with Crippen LogP contribution in [0.2, 0.25) is 0 Å². The van der Waals surface area contributed by atoms with Crippen molar-refractivity contribution in [2.45, 2.75) is 45.4 Å². The highest BCUT2D eigenvalue weighted by Crippen LogP contribution is 2.04. The van der Waals surface area contributed by atoms with Crippen LogP contribution in [0.25, 0.3) is 0 Å². The summed E-state index contributed by atoms with van der Waals surface area (Å²) in [6, 6.07) is -1.04. The Morgan fingerprint density at radius 1 is 1.05 bits per heavy atom. The van der Waals surface area contributed by atoms with Crippen LogP contribution in [0.3, 0.4) is 0 Å². The highest BCUT2D eigenvalue weighted by atomic mass is 32.2. The number of nitrogens with one attached hydrogen (secondary N) is 2. The molecular weight excluding hydrogens is 312 g/mol. The fraction of sp³-hybridized carbons (Fsp3) is 0.769. The van der Waals surface area contributed by atoms with E-state index in [1.54, 1.807) is 0 Å². The van der Waals surface area contributed by atoms with E-state index in [0.29, 0.717) is 0 Å². The lowest BCUT2D eigenvalue weighted by Crippen LogP contribution is -2.46. The molecule has 0 aromatic heterocycles. The summed E-state index contributed by atoms with van der Waals surface area (Å²) in [7, 11) is -3.54.